The number of nitrogens with zero attached hydrogens (tertiary/aromatic N) is 2. The van der Waals surface area contributed by atoms with E-state index >= 15 is 0 Å². The molecule has 37 heavy (non-hydrogen) atoms. The monoisotopic (exact) mass is 560 g/mol. The lowest BCUT2D eigenvalue weighted by molar-refractivity contribution is 0.477. The number of benzene rings is 4. The highest BCUT2D eigenvalue weighted by Gasteiger charge is 2.28. The van der Waals surface area contributed by atoms with Crippen molar-refractivity contribution in [3.63, 3.8) is 0 Å². The maximum Gasteiger partial charge on any atom is 0.151 e. The number of hydrogen-bond donors (Lipinski definition) is 0. The maximum atomic E-state index is 6.29. The van der Waals surface area contributed by atoms with Gasteiger partial charge in [0.1, 0.15) is 0 Å². The fraction of sp³-hybridized carbons (Fsp3) is 0.0312. The molecule has 1 aliphatic rings. The fourth-order valence-electron chi connectivity index (χ4n) is 5.04. The maximum absolute atomic E-state index is 6.29. The lowest BCUT2D eigenvalue weighted by Crippen LogP contribution is -2.16. The summed E-state index contributed by atoms with van der Waals surface area (Å²) >= 11 is 5.33. The fourth-order valence-corrected chi connectivity index (χ4v) is 6.05. The lowest BCUT2D eigenvalue weighted by Gasteiger charge is -2.33. The SMILES string of the molecule is Cc1ccc(N2c3ccccc3Oc3ccccc32)c2nc(-c3ccc(Br)cc3)cc(-c3cccs3)c12. The Balaban J connectivity index is 1.57. The standard InChI is InChI=1S/C32H21BrN2OS/c1-20-12-17-27(35-25-7-2-4-9-28(25)36-29-10-5-3-8-26(29)35)32-31(20)23(30-11-6-18-37-30)19-24(34-32)21-13-15-22(33)16-14-21/h2-19H,1H3. The Morgan fingerprint density at radius 2 is 1.46 bits per heavy atom. The average Bonchev–Trinajstić information content (AvgIpc) is 3.47. The van der Waals surface area contributed by atoms with E-state index in [-0.39, 0.29) is 0 Å². The minimum absolute atomic E-state index is 0.831. The molecule has 178 valence electrons. The van der Waals surface area contributed by atoms with E-state index in [0.29, 0.717) is 0 Å². The van der Waals surface area contributed by atoms with E-state index in [1.165, 1.54) is 21.4 Å². The lowest BCUT2D eigenvalue weighted by atomic mass is 9.97. The van der Waals surface area contributed by atoms with Crippen LogP contribution in [0.3, 0.4) is 0 Å². The number of anilines is 3. The molecular formula is C32H21BrN2OS. The van der Waals surface area contributed by atoms with Gasteiger partial charge in [-0.05, 0) is 72.5 Å². The number of hydrogen-bond acceptors (Lipinski definition) is 4. The van der Waals surface area contributed by atoms with Gasteiger partial charge in [0.15, 0.2) is 11.5 Å². The molecule has 0 bridgehead atoms. The molecule has 7 rings (SSSR count). The molecule has 0 fully saturated rings. The normalized spacial score (nSPS) is 12.2. The van der Waals surface area contributed by atoms with Crippen LogP contribution < -0.4 is 9.64 Å². The molecule has 0 atom stereocenters. The number of aryl methyl sites for hydroxylation is 1. The Kier molecular flexibility index (Phi) is 5.34. The number of aromatic nitrogens is 1. The molecule has 5 heteroatoms. The quantitative estimate of drug-likeness (QED) is 0.215. The van der Waals surface area contributed by atoms with Crippen molar-refractivity contribution >= 4 is 55.2 Å². The van der Waals surface area contributed by atoms with E-state index in [2.05, 4.69) is 112 Å². The second kappa shape index (κ2) is 8.87. The summed E-state index contributed by atoms with van der Waals surface area (Å²) in [6.45, 7) is 2.17. The van der Waals surface area contributed by atoms with Crippen LogP contribution in [0.25, 0.3) is 32.6 Å². The summed E-state index contributed by atoms with van der Waals surface area (Å²) in [4.78, 5) is 8.85. The third-order valence-corrected chi connectivity index (χ3v) is 8.18. The first-order valence-electron chi connectivity index (χ1n) is 12.1. The molecule has 0 unspecified atom stereocenters. The van der Waals surface area contributed by atoms with Gasteiger partial charge in [-0.25, -0.2) is 4.98 Å². The van der Waals surface area contributed by atoms with Crippen molar-refractivity contribution in [3.8, 4) is 33.2 Å². The molecule has 0 spiro atoms. The van der Waals surface area contributed by atoms with Crippen molar-refractivity contribution in [2.45, 2.75) is 6.92 Å². The zero-order valence-corrected chi connectivity index (χ0v) is 22.4. The van der Waals surface area contributed by atoms with Crippen LogP contribution in [0.1, 0.15) is 5.56 Å². The van der Waals surface area contributed by atoms with Crippen molar-refractivity contribution in [1.82, 2.24) is 4.98 Å². The number of thiophene rings is 1. The van der Waals surface area contributed by atoms with Gasteiger partial charge in [-0.15, -0.1) is 11.3 Å². The summed E-state index contributed by atoms with van der Waals surface area (Å²) in [5.41, 5.74) is 8.43. The van der Waals surface area contributed by atoms with Crippen LogP contribution in [0, 0.1) is 6.92 Å². The highest BCUT2D eigenvalue weighted by atomic mass is 79.9. The zero-order chi connectivity index (χ0) is 24.9. The molecule has 0 N–H and O–H groups in total. The molecule has 0 saturated carbocycles. The van der Waals surface area contributed by atoms with Gasteiger partial charge in [0.05, 0.1) is 28.3 Å². The molecule has 0 radical (unpaired) electrons. The smallest absolute Gasteiger partial charge is 0.151 e. The number of pyridine rings is 1. The Labute approximate surface area is 227 Å². The highest BCUT2D eigenvalue weighted by Crippen LogP contribution is 2.52. The van der Waals surface area contributed by atoms with E-state index < -0.39 is 0 Å². The number of fused-ring (bicyclic) bond motifs is 3. The van der Waals surface area contributed by atoms with E-state index in [9.17, 15) is 0 Å². The van der Waals surface area contributed by atoms with Gasteiger partial charge in [-0.3, -0.25) is 0 Å². The summed E-state index contributed by atoms with van der Waals surface area (Å²) in [5.74, 6) is 1.66. The first-order valence-corrected chi connectivity index (χ1v) is 13.7. The van der Waals surface area contributed by atoms with Crippen molar-refractivity contribution in [3.05, 3.63) is 119 Å². The molecular weight excluding hydrogens is 540 g/mol. The van der Waals surface area contributed by atoms with Crippen LogP contribution in [-0.4, -0.2) is 4.98 Å². The average molecular weight is 562 g/mol. The summed E-state index contributed by atoms with van der Waals surface area (Å²) < 4.78 is 7.34. The summed E-state index contributed by atoms with van der Waals surface area (Å²) in [5, 5.41) is 3.30. The van der Waals surface area contributed by atoms with Crippen LogP contribution >= 0.6 is 27.3 Å². The first kappa shape index (κ1) is 22.3. The van der Waals surface area contributed by atoms with Crippen LogP contribution in [-0.2, 0) is 0 Å². The van der Waals surface area contributed by atoms with Gasteiger partial charge in [-0.2, -0.15) is 0 Å². The second-order valence-corrected chi connectivity index (χ2v) is 10.9. The zero-order valence-electron chi connectivity index (χ0n) is 20.0. The predicted molar refractivity (Wildman–Crippen MR) is 158 cm³/mol. The minimum atomic E-state index is 0.831. The van der Waals surface area contributed by atoms with Gasteiger partial charge in [0, 0.05) is 25.9 Å². The number of para-hydroxylation sites is 4. The van der Waals surface area contributed by atoms with E-state index in [0.717, 1.165) is 49.8 Å². The number of halogens is 1. The van der Waals surface area contributed by atoms with Crippen LogP contribution in [0.2, 0.25) is 0 Å². The van der Waals surface area contributed by atoms with Gasteiger partial charge in [0.25, 0.3) is 0 Å². The summed E-state index contributed by atoms with van der Waals surface area (Å²) in [6.07, 6.45) is 0. The molecule has 0 saturated heterocycles. The molecule has 0 amide bonds. The van der Waals surface area contributed by atoms with Gasteiger partial charge < -0.3 is 9.64 Å². The van der Waals surface area contributed by atoms with Crippen molar-refractivity contribution in [2.75, 3.05) is 4.90 Å². The van der Waals surface area contributed by atoms with Gasteiger partial charge in [0.2, 0.25) is 0 Å². The number of rotatable bonds is 3. The topological polar surface area (TPSA) is 25.4 Å². The van der Waals surface area contributed by atoms with Crippen molar-refractivity contribution < 1.29 is 4.74 Å². The molecule has 0 aliphatic carbocycles. The molecule has 3 nitrogen and oxygen atoms in total. The van der Waals surface area contributed by atoms with Crippen LogP contribution in [0.15, 0.2) is 113 Å². The molecule has 2 aromatic heterocycles. The predicted octanol–water partition coefficient (Wildman–Crippen LogP) is 10.3. The molecule has 6 aromatic rings. The minimum Gasteiger partial charge on any atom is -0.453 e. The summed E-state index contributed by atoms with van der Waals surface area (Å²) in [7, 11) is 0. The Morgan fingerprint density at radius 3 is 2.14 bits per heavy atom. The van der Waals surface area contributed by atoms with Crippen molar-refractivity contribution in [2.24, 2.45) is 0 Å². The van der Waals surface area contributed by atoms with E-state index in [1.807, 2.05) is 24.3 Å². The Morgan fingerprint density at radius 1 is 0.757 bits per heavy atom. The Bertz CT molecular complexity index is 1730. The third-order valence-electron chi connectivity index (χ3n) is 6.75. The second-order valence-electron chi connectivity index (χ2n) is 9.04. The first-order chi connectivity index (χ1) is 18.2. The van der Waals surface area contributed by atoms with E-state index in [1.54, 1.807) is 11.3 Å². The summed E-state index contributed by atoms with van der Waals surface area (Å²) in [6, 6.07) is 35.7. The highest BCUT2D eigenvalue weighted by molar-refractivity contribution is 9.10. The van der Waals surface area contributed by atoms with E-state index in [4.69, 9.17) is 9.72 Å². The molecule has 1 aliphatic heterocycles. The molecule has 3 heterocycles. The van der Waals surface area contributed by atoms with Crippen LogP contribution in [0.4, 0.5) is 17.1 Å². The van der Waals surface area contributed by atoms with Crippen LogP contribution in [0.5, 0.6) is 11.5 Å². The van der Waals surface area contributed by atoms with Gasteiger partial charge >= 0.3 is 0 Å². The largest absolute Gasteiger partial charge is 0.453 e. The molecule has 4 aromatic carbocycles. The third kappa shape index (κ3) is 3.74. The number of ether oxygens (including phenoxy) is 1. The van der Waals surface area contributed by atoms with Gasteiger partial charge in [-0.1, -0.05) is 64.5 Å². The Hall–Kier alpha value is -3.93. The van der Waals surface area contributed by atoms with Crippen molar-refractivity contribution in [1.29, 1.82) is 0 Å².